The van der Waals surface area contributed by atoms with E-state index in [1.165, 1.54) is 96.3 Å². The Bertz CT molecular complexity index is 758. The Morgan fingerprint density at radius 3 is 1.18 bits per heavy atom. The summed E-state index contributed by atoms with van der Waals surface area (Å²) >= 11 is 0. The normalized spacial score (nSPS) is 11.2. The van der Waals surface area contributed by atoms with Gasteiger partial charge in [-0.1, -0.05) is 134 Å². The summed E-state index contributed by atoms with van der Waals surface area (Å²) in [6.45, 7) is 7.33. The summed E-state index contributed by atoms with van der Waals surface area (Å²) in [4.78, 5) is 23.6. The fourth-order valence-electron chi connectivity index (χ4n) is 4.70. The van der Waals surface area contributed by atoms with Crippen LogP contribution in [-0.4, -0.2) is 84.4 Å². The first-order chi connectivity index (χ1) is 21.8. The third-order valence-corrected chi connectivity index (χ3v) is 7.31. The lowest BCUT2D eigenvalue weighted by atomic mass is 10.0. The second-order valence-corrected chi connectivity index (χ2v) is 11.2. The van der Waals surface area contributed by atoms with E-state index in [-0.39, 0.29) is 13.2 Å². The van der Waals surface area contributed by atoms with Crippen LogP contribution >= 0.6 is 0 Å². The van der Waals surface area contributed by atoms with Crippen molar-refractivity contribution in [3.05, 3.63) is 35.9 Å². The van der Waals surface area contributed by atoms with Crippen LogP contribution in [0.2, 0.25) is 0 Å². The quantitative estimate of drug-likeness (QED) is 0.0334. The van der Waals surface area contributed by atoms with Gasteiger partial charge in [0.15, 0.2) is 0 Å². The van der Waals surface area contributed by atoms with Crippen LogP contribution in [0, 0.1) is 0 Å². The number of hydrogen-bond donors (Lipinski definition) is 0. The fraction of sp³-hybridized carbons (Fsp3) is 0.778. The molecule has 44 heavy (non-hydrogen) atoms. The monoisotopic (exact) mass is 622 g/mol. The van der Waals surface area contributed by atoms with Crippen LogP contribution in [0.5, 0.6) is 0 Å². The molecule has 1 rings (SSSR count). The summed E-state index contributed by atoms with van der Waals surface area (Å²) in [5.41, 5.74) is 0.311. The van der Waals surface area contributed by atoms with Gasteiger partial charge in [-0.2, -0.15) is 0 Å². The summed E-state index contributed by atoms with van der Waals surface area (Å²) < 4.78 is 32.4. The number of esters is 1. The Hall–Kier alpha value is -1.84. The summed E-state index contributed by atoms with van der Waals surface area (Å²) in [6.07, 6.45) is 22.1. The van der Waals surface area contributed by atoms with E-state index >= 15 is 0 Å². The van der Waals surface area contributed by atoms with Crippen LogP contribution in [0.3, 0.4) is 0 Å². The molecule has 0 aliphatic carbocycles. The Morgan fingerprint density at radius 1 is 0.432 bits per heavy atom. The van der Waals surface area contributed by atoms with E-state index in [1.807, 2.05) is 0 Å². The maximum absolute atomic E-state index is 11.9. The van der Waals surface area contributed by atoms with Crippen molar-refractivity contribution in [1.82, 2.24) is 0 Å². The molecule has 0 saturated carbocycles. The Balaban J connectivity index is 1.67. The van der Waals surface area contributed by atoms with Gasteiger partial charge in [-0.25, -0.2) is 4.79 Å². The zero-order valence-corrected chi connectivity index (χ0v) is 27.7. The number of ketones is 1. The minimum atomic E-state index is -0.879. The summed E-state index contributed by atoms with van der Waals surface area (Å²) in [7, 11) is 0. The predicted molar refractivity (Wildman–Crippen MR) is 175 cm³/mol. The van der Waals surface area contributed by atoms with Crippen LogP contribution in [0.25, 0.3) is 0 Å². The van der Waals surface area contributed by atoms with Gasteiger partial charge in [0.05, 0.1) is 59.5 Å². The maximum atomic E-state index is 11.9. The minimum absolute atomic E-state index is 0.0189. The van der Waals surface area contributed by atoms with Gasteiger partial charge < -0.3 is 28.4 Å². The summed E-state index contributed by atoms with van der Waals surface area (Å²) in [5.74, 6) is -1.54. The van der Waals surface area contributed by atoms with Crippen molar-refractivity contribution in [2.24, 2.45) is 0 Å². The molecular weight excluding hydrogens is 560 g/mol. The molecule has 0 aliphatic heterocycles. The van der Waals surface area contributed by atoms with E-state index in [4.69, 9.17) is 28.4 Å². The van der Waals surface area contributed by atoms with E-state index in [2.05, 4.69) is 6.92 Å². The Labute approximate surface area is 267 Å². The minimum Gasteiger partial charge on any atom is -0.457 e. The van der Waals surface area contributed by atoms with Crippen molar-refractivity contribution in [2.75, 3.05) is 72.7 Å². The van der Waals surface area contributed by atoms with Gasteiger partial charge in [-0.05, 0) is 6.42 Å². The number of unbranched alkanes of at least 4 members (excludes halogenated alkanes) is 15. The standard InChI is InChI=1S/C36H62O8/c1-2-3-4-5-6-7-8-9-10-11-12-13-14-15-16-20-23-39-24-25-40-26-27-41-28-29-42-30-31-43-32-33-44-36(38)35(37)34-21-18-17-19-22-34/h17-19,21-22H,2-16,20,23-33H2,1H3. The third-order valence-electron chi connectivity index (χ3n) is 7.31. The van der Waals surface area contributed by atoms with Gasteiger partial charge in [0, 0.05) is 12.2 Å². The van der Waals surface area contributed by atoms with Crippen molar-refractivity contribution in [1.29, 1.82) is 0 Å². The zero-order chi connectivity index (χ0) is 31.6. The highest BCUT2D eigenvalue weighted by Gasteiger charge is 2.17. The van der Waals surface area contributed by atoms with E-state index < -0.39 is 11.8 Å². The highest BCUT2D eigenvalue weighted by atomic mass is 16.6. The Morgan fingerprint density at radius 2 is 0.773 bits per heavy atom. The molecule has 1 aromatic carbocycles. The average Bonchev–Trinajstić information content (AvgIpc) is 3.05. The lowest BCUT2D eigenvalue weighted by Gasteiger charge is -2.08. The van der Waals surface area contributed by atoms with Crippen molar-refractivity contribution >= 4 is 11.8 Å². The number of benzene rings is 1. The van der Waals surface area contributed by atoms with E-state index in [0.29, 0.717) is 58.4 Å². The van der Waals surface area contributed by atoms with Crippen molar-refractivity contribution in [3.8, 4) is 0 Å². The van der Waals surface area contributed by atoms with Crippen LogP contribution in [0.15, 0.2) is 30.3 Å². The first kappa shape index (κ1) is 40.2. The molecule has 0 aliphatic rings. The van der Waals surface area contributed by atoms with Gasteiger partial charge in [0.25, 0.3) is 5.78 Å². The van der Waals surface area contributed by atoms with E-state index in [9.17, 15) is 9.59 Å². The summed E-state index contributed by atoms with van der Waals surface area (Å²) in [5, 5.41) is 0. The summed E-state index contributed by atoms with van der Waals surface area (Å²) in [6, 6.07) is 8.32. The molecule has 0 atom stereocenters. The van der Waals surface area contributed by atoms with Crippen LogP contribution < -0.4 is 0 Å². The molecule has 8 nitrogen and oxygen atoms in total. The van der Waals surface area contributed by atoms with Crippen LogP contribution in [-0.2, 0) is 33.2 Å². The van der Waals surface area contributed by atoms with E-state index in [0.717, 1.165) is 13.0 Å². The molecule has 0 aromatic heterocycles. The first-order valence-electron chi connectivity index (χ1n) is 17.4. The third kappa shape index (κ3) is 26.6. The number of ether oxygens (including phenoxy) is 6. The molecule has 0 spiro atoms. The molecule has 0 heterocycles. The van der Waals surface area contributed by atoms with Gasteiger partial charge in [-0.15, -0.1) is 0 Å². The highest BCUT2D eigenvalue weighted by Crippen LogP contribution is 2.13. The van der Waals surface area contributed by atoms with E-state index in [1.54, 1.807) is 30.3 Å². The topological polar surface area (TPSA) is 89.5 Å². The number of Topliss-reactive ketones (excluding diaryl/α,β-unsaturated/α-hetero) is 1. The molecule has 0 radical (unpaired) electrons. The predicted octanol–water partition coefficient (Wildman–Crippen LogP) is 7.76. The molecule has 0 bridgehead atoms. The maximum Gasteiger partial charge on any atom is 0.379 e. The molecule has 0 unspecified atom stereocenters. The average molecular weight is 623 g/mol. The molecule has 254 valence electrons. The molecule has 0 N–H and O–H groups in total. The van der Waals surface area contributed by atoms with Gasteiger partial charge in [0.1, 0.15) is 6.61 Å². The highest BCUT2D eigenvalue weighted by molar-refractivity contribution is 6.40. The smallest absolute Gasteiger partial charge is 0.379 e. The Kier molecular flexibility index (Phi) is 29.7. The molecular formula is C36H62O8. The SMILES string of the molecule is CCCCCCCCCCCCCCCCCCOCCOCCOCCOCCOCCOC(=O)C(=O)c1ccccc1. The first-order valence-corrected chi connectivity index (χ1v) is 17.4. The second kappa shape index (κ2) is 32.6. The zero-order valence-electron chi connectivity index (χ0n) is 27.7. The van der Waals surface area contributed by atoms with Crippen molar-refractivity contribution in [3.63, 3.8) is 0 Å². The van der Waals surface area contributed by atoms with Gasteiger partial charge >= 0.3 is 5.97 Å². The number of rotatable bonds is 34. The molecule has 0 saturated heterocycles. The number of hydrogen-bond acceptors (Lipinski definition) is 8. The number of carbonyl (C=O) groups is 2. The number of carbonyl (C=O) groups excluding carboxylic acids is 2. The fourth-order valence-corrected chi connectivity index (χ4v) is 4.70. The lowest BCUT2D eigenvalue weighted by molar-refractivity contribution is -0.139. The van der Waals surface area contributed by atoms with Crippen LogP contribution in [0.1, 0.15) is 120 Å². The van der Waals surface area contributed by atoms with Crippen molar-refractivity contribution in [2.45, 2.75) is 110 Å². The molecule has 0 amide bonds. The van der Waals surface area contributed by atoms with Gasteiger partial charge in [-0.3, -0.25) is 4.79 Å². The molecule has 0 fully saturated rings. The van der Waals surface area contributed by atoms with Crippen molar-refractivity contribution < 1.29 is 38.0 Å². The molecule has 8 heteroatoms. The van der Waals surface area contributed by atoms with Crippen LogP contribution in [0.4, 0.5) is 0 Å². The lowest BCUT2D eigenvalue weighted by Crippen LogP contribution is -2.20. The molecule has 1 aromatic rings. The largest absolute Gasteiger partial charge is 0.457 e. The second-order valence-electron chi connectivity index (χ2n) is 11.2. The van der Waals surface area contributed by atoms with Gasteiger partial charge in [0.2, 0.25) is 0 Å².